The zero-order valence-corrected chi connectivity index (χ0v) is 39.9. The van der Waals surface area contributed by atoms with Gasteiger partial charge in [-0.1, -0.05) is 163 Å². The Morgan fingerprint density at radius 2 is 0.685 bits per heavy atom. The highest BCUT2D eigenvalue weighted by Crippen LogP contribution is 2.83. The van der Waals surface area contributed by atoms with Gasteiger partial charge in [-0.25, -0.2) is 9.49 Å². The van der Waals surface area contributed by atoms with Crippen LogP contribution in [0.5, 0.6) is 0 Å². The summed E-state index contributed by atoms with van der Waals surface area (Å²) in [7, 11) is -2.29. The number of rotatable bonds is 6. The Balaban J connectivity index is 2.21. The topological polar surface area (TPSA) is 61.6 Å². The van der Waals surface area contributed by atoms with E-state index in [1.54, 1.807) is 14.2 Å². The van der Waals surface area contributed by atoms with E-state index in [-0.39, 0.29) is 32.5 Å². The highest BCUT2D eigenvalue weighted by Gasteiger charge is 2.55. The molecule has 2 aliphatic rings. The van der Waals surface area contributed by atoms with Crippen LogP contribution in [0.25, 0.3) is 0 Å². The van der Waals surface area contributed by atoms with Crippen molar-refractivity contribution in [3.63, 3.8) is 0 Å². The molecule has 54 heavy (non-hydrogen) atoms. The largest absolute Gasteiger partial charge is 0.468 e. The molecule has 0 amide bonds. The van der Waals surface area contributed by atoms with Gasteiger partial charge in [-0.3, -0.25) is 0 Å². The van der Waals surface area contributed by atoms with Gasteiger partial charge >= 0.3 is 0 Å². The maximum absolute atomic E-state index is 7.19. The second-order valence-electron chi connectivity index (χ2n) is 21.4. The summed E-state index contributed by atoms with van der Waals surface area (Å²) in [6, 6.07) is 9.50. The lowest BCUT2D eigenvalue weighted by Gasteiger charge is -2.33. The molecule has 2 unspecified atom stereocenters. The van der Waals surface area contributed by atoms with E-state index >= 15 is 0 Å². The van der Waals surface area contributed by atoms with Crippen LogP contribution in [-0.4, -0.2) is 26.5 Å². The fraction of sp³-hybridized carbons (Fsp3) is 0.652. The molecule has 8 heteroatoms. The molecule has 0 radical (unpaired) electrons. The average molecular weight is 781 g/mol. The summed E-state index contributed by atoms with van der Waals surface area (Å²) in [5, 5.41) is 1.81. The molecule has 0 spiro atoms. The van der Waals surface area contributed by atoms with Gasteiger partial charge in [0.25, 0.3) is 11.9 Å². The van der Waals surface area contributed by atoms with Gasteiger partial charge in [0.15, 0.2) is 14.6 Å². The van der Waals surface area contributed by atoms with Gasteiger partial charge in [0.05, 0.1) is 25.6 Å². The van der Waals surface area contributed by atoms with Crippen LogP contribution in [0.4, 0.5) is 11.4 Å². The summed E-state index contributed by atoms with van der Waals surface area (Å²) in [6.07, 6.45) is 1.29. The first-order valence-corrected chi connectivity index (χ1v) is 23.6. The van der Waals surface area contributed by atoms with E-state index in [1.807, 2.05) is 0 Å². The highest BCUT2D eigenvalue weighted by atomic mass is 31.2. The van der Waals surface area contributed by atoms with E-state index in [0.717, 1.165) is 22.0 Å². The van der Waals surface area contributed by atoms with Gasteiger partial charge in [-0.2, -0.15) is 0 Å². The van der Waals surface area contributed by atoms with Crippen molar-refractivity contribution in [1.29, 1.82) is 0 Å². The van der Waals surface area contributed by atoms with Crippen molar-refractivity contribution in [2.75, 3.05) is 26.5 Å². The fourth-order valence-corrected chi connectivity index (χ4v) is 13.6. The van der Waals surface area contributed by atoms with Crippen molar-refractivity contribution >= 4 is 25.9 Å². The number of nitrogens with zero attached hydrogens (tertiary/aromatic N) is 2. The molecular weight excluding hydrogens is 706 g/mol. The van der Waals surface area contributed by atoms with Gasteiger partial charge in [-0.05, 0) is 65.9 Å². The SMILES string of the molecule is CCP1(=Nc2c(C(C)(C)C)cc(C(C)(C)C)cc2C(C)(C)C)OC(OC)=C2C1=C(OC)OP2(CC)=Nc1c(C(C)(C)C)cc(C(C)(C)C)cc1C(C)(C)C. The number of fused-ring (bicyclic) bond motifs is 1. The lowest BCUT2D eigenvalue weighted by Crippen LogP contribution is -2.21. The highest BCUT2D eigenvalue weighted by molar-refractivity contribution is 7.73. The molecule has 0 fully saturated rings. The lowest BCUT2D eigenvalue weighted by molar-refractivity contribution is 0.158. The second kappa shape index (κ2) is 14.2. The van der Waals surface area contributed by atoms with E-state index in [4.69, 9.17) is 28.0 Å². The van der Waals surface area contributed by atoms with Gasteiger partial charge in [0.2, 0.25) is 0 Å². The number of hydrogen-bond donors (Lipinski definition) is 0. The molecular formula is C46H74N2O4P2. The zero-order chi connectivity index (χ0) is 41.4. The minimum atomic E-state index is -2.84. The Morgan fingerprint density at radius 3 is 0.852 bits per heavy atom. The summed E-state index contributed by atoms with van der Waals surface area (Å²) >= 11 is 0. The first-order valence-electron chi connectivity index (χ1n) is 19.9. The van der Waals surface area contributed by atoms with Crippen molar-refractivity contribution < 1.29 is 18.5 Å². The molecule has 0 saturated carbocycles. The van der Waals surface area contributed by atoms with Crippen LogP contribution in [0.15, 0.2) is 56.3 Å². The smallest absolute Gasteiger partial charge is 0.297 e. The molecule has 0 saturated heterocycles. The van der Waals surface area contributed by atoms with Crippen LogP contribution < -0.4 is 0 Å². The number of benzene rings is 2. The summed E-state index contributed by atoms with van der Waals surface area (Å²) in [5.74, 6) is 0.938. The third kappa shape index (κ3) is 8.18. The third-order valence-electron chi connectivity index (χ3n) is 10.7. The summed E-state index contributed by atoms with van der Waals surface area (Å²) in [4.78, 5) is 0. The fourth-order valence-electron chi connectivity index (χ4n) is 7.22. The monoisotopic (exact) mass is 781 g/mol. The molecule has 6 nitrogen and oxygen atoms in total. The van der Waals surface area contributed by atoms with Gasteiger partial charge in [0.1, 0.15) is 10.6 Å². The molecule has 0 bridgehead atoms. The van der Waals surface area contributed by atoms with E-state index in [2.05, 4.69) is 163 Å². The van der Waals surface area contributed by atoms with Crippen LogP contribution in [0.1, 0.15) is 172 Å². The zero-order valence-electron chi connectivity index (χ0n) is 38.1. The maximum Gasteiger partial charge on any atom is 0.297 e. The molecule has 2 aliphatic heterocycles. The number of methoxy groups -OCH3 is 2. The molecule has 302 valence electrons. The Morgan fingerprint density at radius 1 is 0.444 bits per heavy atom. The molecule has 2 aromatic rings. The first-order chi connectivity index (χ1) is 24.3. The Bertz CT molecular complexity index is 1760. The van der Waals surface area contributed by atoms with Gasteiger partial charge < -0.3 is 18.5 Å². The maximum atomic E-state index is 7.19. The number of ether oxygens (including phenoxy) is 2. The van der Waals surface area contributed by atoms with Crippen molar-refractivity contribution in [2.24, 2.45) is 9.49 Å². The minimum Gasteiger partial charge on any atom is -0.468 e. The van der Waals surface area contributed by atoms with Crippen LogP contribution >= 0.6 is 14.6 Å². The van der Waals surface area contributed by atoms with Gasteiger partial charge in [0, 0.05) is 12.3 Å². The average Bonchev–Trinajstić information content (AvgIpc) is 3.52. The Hall–Kier alpha value is -2.42. The minimum absolute atomic E-state index is 0.0292. The van der Waals surface area contributed by atoms with Crippen LogP contribution in [0.3, 0.4) is 0 Å². The van der Waals surface area contributed by atoms with Gasteiger partial charge in [-0.15, -0.1) is 0 Å². The standard InChI is InChI=1S/C46H74N2O4P2/c1-23-53(47-35-31(43(9,10)11)25-29(41(3,4)5)26-32(35)44(12,13)14)37-38(40(50-22)51-53)54(24-2,52-39(37)49-21)48-36-33(45(15,16)17)27-30(42(6,7)8)28-34(36)46(18,19)20/h25-28H,23-24H2,1-22H3. The first kappa shape index (κ1) is 44.3. The predicted molar refractivity (Wildman–Crippen MR) is 234 cm³/mol. The Kier molecular flexibility index (Phi) is 11.6. The third-order valence-corrected chi connectivity index (χ3v) is 16.8. The van der Waals surface area contributed by atoms with E-state index in [0.29, 0.717) is 24.2 Å². The van der Waals surface area contributed by atoms with E-state index in [9.17, 15) is 0 Å². The van der Waals surface area contributed by atoms with E-state index in [1.165, 1.54) is 33.4 Å². The molecule has 2 aromatic carbocycles. The molecule has 2 heterocycles. The number of allylic oxidation sites excluding steroid dienone is 2. The van der Waals surface area contributed by atoms with Crippen molar-refractivity contribution in [2.45, 2.75) is 171 Å². The molecule has 2 atom stereocenters. The molecule has 0 N–H and O–H groups in total. The summed E-state index contributed by atoms with van der Waals surface area (Å²) in [6.45, 7) is 45.5. The Labute approximate surface area is 330 Å². The second-order valence-corrected chi connectivity index (χ2v) is 27.2. The molecule has 0 aliphatic carbocycles. The van der Waals surface area contributed by atoms with E-state index < -0.39 is 14.6 Å². The lowest BCUT2D eigenvalue weighted by atomic mass is 9.74. The van der Waals surface area contributed by atoms with Crippen LogP contribution in [0.2, 0.25) is 0 Å². The van der Waals surface area contributed by atoms with Crippen molar-refractivity contribution in [3.8, 4) is 0 Å². The summed E-state index contributed by atoms with van der Waals surface area (Å²) < 4.78 is 38.6. The van der Waals surface area contributed by atoms with Crippen LogP contribution in [-0.2, 0) is 51.0 Å². The number of hydrogen-bond acceptors (Lipinski definition) is 6. The van der Waals surface area contributed by atoms with Crippen LogP contribution in [0, 0.1) is 0 Å². The predicted octanol–water partition coefficient (Wildman–Crippen LogP) is 15.4. The summed E-state index contributed by atoms with van der Waals surface area (Å²) in [5.41, 5.74) is 8.72. The quantitative estimate of drug-likeness (QED) is 0.274. The van der Waals surface area contributed by atoms with Crippen molar-refractivity contribution in [1.82, 2.24) is 0 Å². The molecule has 0 aromatic heterocycles. The van der Waals surface area contributed by atoms with Crippen molar-refractivity contribution in [3.05, 3.63) is 80.2 Å². The normalized spacial score (nSPS) is 21.2. The molecule has 4 rings (SSSR count).